The normalized spacial score (nSPS) is 11.0. The van der Waals surface area contributed by atoms with Crippen molar-refractivity contribution in [3.05, 3.63) is 74.9 Å². The molecule has 3 aromatic rings. The number of rotatable bonds is 6. The van der Waals surface area contributed by atoms with Crippen LogP contribution in [0.3, 0.4) is 0 Å². The molecule has 0 aliphatic carbocycles. The summed E-state index contributed by atoms with van der Waals surface area (Å²) in [5, 5.41) is 15.9. The van der Waals surface area contributed by atoms with Crippen molar-refractivity contribution in [1.82, 2.24) is 10.3 Å². The number of nitrogens with one attached hydrogen (secondary N) is 2. The van der Waals surface area contributed by atoms with Crippen molar-refractivity contribution in [1.29, 1.82) is 0 Å². The van der Waals surface area contributed by atoms with Crippen LogP contribution in [0.2, 0.25) is 5.02 Å². The number of benzene rings is 2. The molecule has 2 N–H and O–H groups in total. The first-order valence-electron chi connectivity index (χ1n) is 7.34. The summed E-state index contributed by atoms with van der Waals surface area (Å²) >= 11 is 6.08. The molecule has 6 heteroatoms. The summed E-state index contributed by atoms with van der Waals surface area (Å²) in [6, 6.07) is 12.9. The van der Waals surface area contributed by atoms with Gasteiger partial charge in [0.15, 0.2) is 0 Å². The zero-order chi connectivity index (χ0) is 16.2. The Morgan fingerprint density at radius 1 is 1.17 bits per heavy atom. The average molecular weight is 330 g/mol. The number of fused-ring (bicyclic) bond motifs is 1. The van der Waals surface area contributed by atoms with Crippen molar-refractivity contribution in [3.63, 3.8) is 0 Å². The Hall–Kier alpha value is -2.37. The molecule has 3 rings (SSSR count). The first kappa shape index (κ1) is 15.5. The van der Waals surface area contributed by atoms with Gasteiger partial charge >= 0.3 is 0 Å². The molecule has 118 valence electrons. The lowest BCUT2D eigenvalue weighted by molar-refractivity contribution is -0.385. The maximum absolute atomic E-state index is 11.1. The maximum atomic E-state index is 11.1. The third-order valence-corrected chi connectivity index (χ3v) is 4.19. The summed E-state index contributed by atoms with van der Waals surface area (Å²) < 4.78 is 0. The van der Waals surface area contributed by atoms with Gasteiger partial charge in [-0.2, -0.15) is 0 Å². The van der Waals surface area contributed by atoms with Gasteiger partial charge in [0.25, 0.3) is 5.69 Å². The number of nitro benzene ring substituents is 1. The predicted molar refractivity (Wildman–Crippen MR) is 91.8 cm³/mol. The Bertz CT molecular complexity index is 845. The van der Waals surface area contributed by atoms with Gasteiger partial charge in [-0.25, -0.2) is 0 Å². The van der Waals surface area contributed by atoms with Crippen molar-refractivity contribution in [2.75, 3.05) is 6.54 Å². The quantitative estimate of drug-likeness (QED) is 0.407. The molecule has 5 nitrogen and oxygen atoms in total. The minimum absolute atomic E-state index is 0.0529. The fourth-order valence-corrected chi connectivity index (χ4v) is 2.90. The highest BCUT2D eigenvalue weighted by molar-refractivity contribution is 6.31. The number of nitrogens with zero attached hydrogens (tertiary/aromatic N) is 1. The lowest BCUT2D eigenvalue weighted by atomic mass is 10.1. The van der Waals surface area contributed by atoms with Crippen molar-refractivity contribution >= 4 is 28.2 Å². The molecule has 0 bridgehead atoms. The molecule has 1 aromatic heterocycles. The van der Waals surface area contributed by atoms with Crippen LogP contribution in [0.5, 0.6) is 0 Å². The van der Waals surface area contributed by atoms with Crippen molar-refractivity contribution in [3.8, 4) is 0 Å². The topological polar surface area (TPSA) is 71.0 Å². The fourth-order valence-electron chi connectivity index (χ4n) is 2.67. The molecule has 23 heavy (non-hydrogen) atoms. The van der Waals surface area contributed by atoms with Crippen LogP contribution in [-0.4, -0.2) is 16.5 Å². The minimum atomic E-state index is -0.400. The second kappa shape index (κ2) is 6.81. The number of aromatic nitrogens is 1. The zero-order valence-electron chi connectivity index (χ0n) is 12.4. The van der Waals surface area contributed by atoms with Crippen LogP contribution >= 0.6 is 11.6 Å². The number of halogens is 1. The zero-order valence-corrected chi connectivity index (χ0v) is 13.1. The molecular formula is C17H16ClN3O2. The van der Waals surface area contributed by atoms with E-state index in [1.54, 1.807) is 12.1 Å². The number of nitro groups is 1. The Morgan fingerprint density at radius 3 is 2.83 bits per heavy atom. The molecular weight excluding hydrogens is 314 g/mol. The minimum Gasteiger partial charge on any atom is -0.361 e. The predicted octanol–water partition coefficient (Wildman–Crippen LogP) is 4.06. The highest BCUT2D eigenvalue weighted by Crippen LogP contribution is 2.26. The van der Waals surface area contributed by atoms with Crippen LogP contribution in [0.25, 0.3) is 10.9 Å². The Balaban J connectivity index is 1.63. The van der Waals surface area contributed by atoms with Gasteiger partial charge in [0.1, 0.15) is 0 Å². The molecule has 2 aromatic carbocycles. The van der Waals surface area contributed by atoms with E-state index < -0.39 is 4.92 Å². The van der Waals surface area contributed by atoms with Crippen LogP contribution in [0.15, 0.2) is 48.7 Å². The maximum Gasteiger partial charge on any atom is 0.275 e. The van der Waals surface area contributed by atoms with Crippen molar-refractivity contribution < 1.29 is 4.92 Å². The first-order valence-corrected chi connectivity index (χ1v) is 7.72. The van der Waals surface area contributed by atoms with Gasteiger partial charge in [-0.15, -0.1) is 0 Å². The van der Waals surface area contributed by atoms with Gasteiger partial charge in [-0.1, -0.05) is 35.9 Å². The molecule has 0 aliphatic heterocycles. The summed E-state index contributed by atoms with van der Waals surface area (Å²) in [7, 11) is 0. The Labute approximate surface area is 138 Å². The molecule has 0 radical (unpaired) electrons. The molecule has 0 aliphatic rings. The van der Waals surface area contributed by atoms with Gasteiger partial charge in [0.2, 0.25) is 0 Å². The fraction of sp³-hybridized carbons (Fsp3) is 0.176. The van der Waals surface area contributed by atoms with E-state index in [0.29, 0.717) is 23.7 Å². The van der Waals surface area contributed by atoms with Gasteiger partial charge < -0.3 is 10.3 Å². The summed E-state index contributed by atoms with van der Waals surface area (Å²) in [5.41, 5.74) is 2.92. The third-order valence-electron chi connectivity index (χ3n) is 3.84. The van der Waals surface area contributed by atoms with E-state index in [1.807, 2.05) is 24.4 Å². The highest BCUT2D eigenvalue weighted by Gasteiger charge is 2.15. The van der Waals surface area contributed by atoms with Crippen molar-refractivity contribution in [2.45, 2.75) is 13.0 Å². The number of hydrogen-bond acceptors (Lipinski definition) is 3. The Kier molecular flexibility index (Phi) is 4.60. The van der Waals surface area contributed by atoms with E-state index in [-0.39, 0.29) is 5.69 Å². The lowest BCUT2D eigenvalue weighted by Crippen LogP contribution is -2.17. The van der Waals surface area contributed by atoms with Crippen LogP contribution in [-0.2, 0) is 13.0 Å². The van der Waals surface area contributed by atoms with E-state index >= 15 is 0 Å². The van der Waals surface area contributed by atoms with Gasteiger partial charge in [-0.05, 0) is 30.7 Å². The van der Waals surface area contributed by atoms with Crippen LogP contribution in [0, 0.1) is 10.1 Å². The Morgan fingerprint density at radius 2 is 2.00 bits per heavy atom. The third kappa shape index (κ3) is 3.36. The van der Waals surface area contributed by atoms with E-state index in [2.05, 4.69) is 16.4 Å². The number of hydrogen-bond donors (Lipinski definition) is 2. The SMILES string of the molecule is O=[N+]([O-])c1cccc(Cl)c1CNCCc1c[nH]c2ccccc12. The average Bonchev–Trinajstić information content (AvgIpc) is 2.96. The summed E-state index contributed by atoms with van der Waals surface area (Å²) in [6.07, 6.45) is 2.84. The molecule has 0 unspecified atom stereocenters. The summed E-state index contributed by atoms with van der Waals surface area (Å²) in [6.45, 7) is 1.09. The molecule has 0 atom stereocenters. The molecule has 0 spiro atoms. The second-order valence-electron chi connectivity index (χ2n) is 5.28. The van der Waals surface area contributed by atoms with Gasteiger partial charge in [-0.3, -0.25) is 10.1 Å². The van der Waals surface area contributed by atoms with Gasteiger partial charge in [0.05, 0.1) is 15.5 Å². The van der Waals surface area contributed by atoms with Crippen LogP contribution in [0.1, 0.15) is 11.1 Å². The largest absolute Gasteiger partial charge is 0.361 e. The monoisotopic (exact) mass is 329 g/mol. The number of aromatic amines is 1. The molecule has 0 amide bonds. The molecule has 0 saturated heterocycles. The van der Waals surface area contributed by atoms with E-state index in [9.17, 15) is 10.1 Å². The standard InChI is InChI=1S/C17H16ClN3O2/c18-15-5-3-7-17(21(22)23)14(15)11-19-9-8-12-10-20-16-6-2-1-4-13(12)16/h1-7,10,19-20H,8-9,11H2. The van der Waals surface area contributed by atoms with E-state index in [0.717, 1.165) is 11.9 Å². The lowest BCUT2D eigenvalue weighted by Gasteiger charge is -2.07. The number of H-pyrrole nitrogens is 1. The van der Waals surface area contributed by atoms with Crippen molar-refractivity contribution in [2.24, 2.45) is 0 Å². The van der Waals surface area contributed by atoms with Gasteiger partial charge in [0, 0.05) is 29.7 Å². The number of para-hydroxylation sites is 1. The van der Waals surface area contributed by atoms with Crippen LogP contribution in [0.4, 0.5) is 5.69 Å². The smallest absolute Gasteiger partial charge is 0.275 e. The van der Waals surface area contributed by atoms with Crippen LogP contribution < -0.4 is 5.32 Å². The molecule has 0 fully saturated rings. The highest BCUT2D eigenvalue weighted by atomic mass is 35.5. The van der Waals surface area contributed by atoms with E-state index in [4.69, 9.17) is 11.6 Å². The first-order chi connectivity index (χ1) is 11.2. The molecule has 0 saturated carbocycles. The van der Waals surface area contributed by atoms with E-state index in [1.165, 1.54) is 17.0 Å². The molecule has 1 heterocycles. The second-order valence-corrected chi connectivity index (χ2v) is 5.69. The summed E-state index contributed by atoms with van der Waals surface area (Å²) in [5.74, 6) is 0. The summed E-state index contributed by atoms with van der Waals surface area (Å²) in [4.78, 5) is 13.9.